The number of nitrogens with zero attached hydrogens (tertiary/aromatic N) is 2. The highest BCUT2D eigenvalue weighted by Crippen LogP contribution is 2.27. The normalized spacial score (nSPS) is 18.5. The molecule has 7 heteroatoms. The SMILES string of the molecule is CC(C)CNc1nc(N)c(C(=O)N(C)C2CCOC2)s1. The Hall–Kier alpha value is -1.34. The summed E-state index contributed by atoms with van der Waals surface area (Å²) in [7, 11) is 1.79. The van der Waals surface area contributed by atoms with Crippen molar-refractivity contribution in [3.05, 3.63) is 4.88 Å². The van der Waals surface area contributed by atoms with Crippen LogP contribution in [0.4, 0.5) is 10.9 Å². The molecule has 1 saturated heterocycles. The monoisotopic (exact) mass is 298 g/mol. The van der Waals surface area contributed by atoms with Crippen LogP contribution in [0.25, 0.3) is 0 Å². The fourth-order valence-corrected chi connectivity index (χ4v) is 2.88. The van der Waals surface area contributed by atoms with E-state index in [2.05, 4.69) is 24.1 Å². The Morgan fingerprint density at radius 2 is 2.40 bits per heavy atom. The third kappa shape index (κ3) is 3.40. The number of likely N-dealkylation sites (N-methyl/N-ethyl adjacent to an activating group) is 1. The molecule has 2 heterocycles. The van der Waals surface area contributed by atoms with Gasteiger partial charge in [0.1, 0.15) is 10.7 Å². The quantitative estimate of drug-likeness (QED) is 0.864. The number of carbonyl (C=O) groups is 1. The van der Waals surface area contributed by atoms with Crippen LogP contribution in [0.3, 0.4) is 0 Å². The van der Waals surface area contributed by atoms with Crippen LogP contribution in [0.5, 0.6) is 0 Å². The lowest BCUT2D eigenvalue weighted by atomic mass is 10.2. The van der Waals surface area contributed by atoms with Gasteiger partial charge < -0.3 is 20.7 Å². The van der Waals surface area contributed by atoms with Gasteiger partial charge >= 0.3 is 0 Å². The third-order valence-corrected chi connectivity index (χ3v) is 4.30. The minimum Gasteiger partial charge on any atom is -0.382 e. The number of nitrogens with one attached hydrogen (secondary N) is 1. The molecule has 1 aliphatic heterocycles. The van der Waals surface area contributed by atoms with Gasteiger partial charge in [0.05, 0.1) is 12.6 Å². The van der Waals surface area contributed by atoms with E-state index >= 15 is 0 Å². The number of rotatable bonds is 5. The first-order valence-electron chi connectivity index (χ1n) is 6.84. The summed E-state index contributed by atoms with van der Waals surface area (Å²) in [4.78, 5) is 18.9. The Balaban J connectivity index is 2.05. The molecule has 0 saturated carbocycles. The van der Waals surface area contributed by atoms with Crippen LogP contribution in [-0.2, 0) is 4.74 Å². The number of hydrogen-bond donors (Lipinski definition) is 2. The second-order valence-electron chi connectivity index (χ2n) is 5.44. The van der Waals surface area contributed by atoms with Crippen molar-refractivity contribution >= 4 is 28.2 Å². The lowest BCUT2D eigenvalue weighted by Crippen LogP contribution is -2.37. The zero-order chi connectivity index (χ0) is 14.7. The number of hydrogen-bond acceptors (Lipinski definition) is 6. The number of amides is 1. The highest BCUT2D eigenvalue weighted by molar-refractivity contribution is 7.18. The Labute approximate surface area is 123 Å². The number of carbonyl (C=O) groups excluding carboxylic acids is 1. The van der Waals surface area contributed by atoms with E-state index in [0.717, 1.165) is 13.0 Å². The molecule has 3 N–H and O–H groups in total. The predicted octanol–water partition coefficient (Wildman–Crippen LogP) is 1.65. The maximum atomic E-state index is 12.4. The molecule has 1 fully saturated rings. The van der Waals surface area contributed by atoms with E-state index in [1.807, 2.05) is 0 Å². The van der Waals surface area contributed by atoms with Crippen molar-refractivity contribution in [3.63, 3.8) is 0 Å². The van der Waals surface area contributed by atoms with Gasteiger partial charge in [0, 0.05) is 20.2 Å². The van der Waals surface area contributed by atoms with E-state index in [1.54, 1.807) is 11.9 Å². The fraction of sp³-hybridized carbons (Fsp3) is 0.692. The van der Waals surface area contributed by atoms with Crippen molar-refractivity contribution in [2.45, 2.75) is 26.3 Å². The topological polar surface area (TPSA) is 80.5 Å². The molecule has 0 aromatic carbocycles. The molecule has 1 aromatic heterocycles. The van der Waals surface area contributed by atoms with Crippen LogP contribution in [0.1, 0.15) is 29.9 Å². The molecule has 6 nitrogen and oxygen atoms in total. The van der Waals surface area contributed by atoms with Gasteiger partial charge in [-0.05, 0) is 12.3 Å². The van der Waals surface area contributed by atoms with Crippen LogP contribution < -0.4 is 11.1 Å². The second kappa shape index (κ2) is 6.41. The maximum absolute atomic E-state index is 12.4. The fourth-order valence-electron chi connectivity index (χ4n) is 2.01. The summed E-state index contributed by atoms with van der Waals surface area (Å²) in [5, 5.41) is 3.90. The van der Waals surface area contributed by atoms with Crippen molar-refractivity contribution < 1.29 is 9.53 Å². The standard InChI is InChI=1S/C13H22N4O2S/c1-8(2)6-15-13-16-11(14)10(20-13)12(18)17(3)9-4-5-19-7-9/h8-9H,4-7,14H2,1-3H3,(H,15,16). The molecule has 0 spiro atoms. The van der Waals surface area contributed by atoms with E-state index in [4.69, 9.17) is 10.5 Å². The molecule has 20 heavy (non-hydrogen) atoms. The van der Waals surface area contributed by atoms with E-state index in [0.29, 0.717) is 35.0 Å². The molecule has 1 aliphatic rings. The smallest absolute Gasteiger partial charge is 0.267 e. The summed E-state index contributed by atoms with van der Waals surface area (Å²) >= 11 is 1.32. The first-order valence-corrected chi connectivity index (χ1v) is 7.65. The summed E-state index contributed by atoms with van der Waals surface area (Å²) in [6.07, 6.45) is 0.874. The number of nitrogen functional groups attached to an aromatic ring is 1. The maximum Gasteiger partial charge on any atom is 0.267 e. The summed E-state index contributed by atoms with van der Waals surface area (Å²) in [5.41, 5.74) is 5.87. The van der Waals surface area contributed by atoms with Gasteiger partial charge in [-0.1, -0.05) is 25.2 Å². The van der Waals surface area contributed by atoms with Crippen molar-refractivity contribution in [1.29, 1.82) is 0 Å². The van der Waals surface area contributed by atoms with Gasteiger partial charge in [-0.2, -0.15) is 0 Å². The minimum atomic E-state index is -0.0758. The summed E-state index contributed by atoms with van der Waals surface area (Å²) < 4.78 is 5.31. The molecule has 0 radical (unpaired) electrons. The number of thiazole rings is 1. The molecule has 2 rings (SSSR count). The van der Waals surface area contributed by atoms with Gasteiger partial charge in [0.25, 0.3) is 5.91 Å². The number of anilines is 2. The molecule has 1 amide bonds. The minimum absolute atomic E-state index is 0.0758. The average Bonchev–Trinajstić information content (AvgIpc) is 3.04. The van der Waals surface area contributed by atoms with Crippen LogP contribution >= 0.6 is 11.3 Å². The van der Waals surface area contributed by atoms with Crippen molar-refractivity contribution in [2.75, 3.05) is 37.9 Å². The predicted molar refractivity (Wildman–Crippen MR) is 81.2 cm³/mol. The van der Waals surface area contributed by atoms with Crippen LogP contribution in [0.2, 0.25) is 0 Å². The van der Waals surface area contributed by atoms with Gasteiger partial charge in [-0.3, -0.25) is 4.79 Å². The molecule has 1 atom stereocenters. The molecule has 1 aromatic rings. The first kappa shape index (κ1) is 15.1. The number of aromatic nitrogens is 1. The zero-order valence-corrected chi connectivity index (χ0v) is 13.0. The van der Waals surface area contributed by atoms with Crippen LogP contribution in [-0.4, -0.2) is 48.6 Å². The van der Waals surface area contributed by atoms with Crippen molar-refractivity contribution in [3.8, 4) is 0 Å². The Bertz CT molecular complexity index is 469. The van der Waals surface area contributed by atoms with Gasteiger partial charge in [-0.15, -0.1) is 0 Å². The van der Waals surface area contributed by atoms with E-state index in [1.165, 1.54) is 11.3 Å². The van der Waals surface area contributed by atoms with Crippen molar-refractivity contribution in [1.82, 2.24) is 9.88 Å². The first-order chi connectivity index (χ1) is 9.49. The highest BCUT2D eigenvalue weighted by atomic mass is 32.1. The molecule has 0 aliphatic carbocycles. The number of nitrogens with two attached hydrogens (primary N) is 1. The van der Waals surface area contributed by atoms with Crippen LogP contribution in [0.15, 0.2) is 0 Å². The summed E-state index contributed by atoms with van der Waals surface area (Å²) in [6.45, 7) is 6.35. The highest BCUT2D eigenvalue weighted by Gasteiger charge is 2.27. The van der Waals surface area contributed by atoms with Crippen molar-refractivity contribution in [2.24, 2.45) is 5.92 Å². The molecule has 1 unspecified atom stereocenters. The largest absolute Gasteiger partial charge is 0.382 e. The van der Waals surface area contributed by atoms with Crippen LogP contribution in [0, 0.1) is 5.92 Å². The summed E-state index contributed by atoms with van der Waals surface area (Å²) in [5.74, 6) is 0.739. The lowest BCUT2D eigenvalue weighted by molar-refractivity contribution is 0.0717. The molecule has 0 bridgehead atoms. The Morgan fingerprint density at radius 1 is 1.65 bits per heavy atom. The van der Waals surface area contributed by atoms with E-state index < -0.39 is 0 Å². The lowest BCUT2D eigenvalue weighted by Gasteiger charge is -2.22. The number of ether oxygens (including phenoxy) is 1. The van der Waals surface area contributed by atoms with E-state index in [-0.39, 0.29) is 11.9 Å². The zero-order valence-electron chi connectivity index (χ0n) is 12.2. The summed E-state index contributed by atoms with van der Waals surface area (Å²) in [6, 6.07) is 0.135. The Morgan fingerprint density at radius 3 is 3.00 bits per heavy atom. The third-order valence-electron chi connectivity index (χ3n) is 3.28. The Kier molecular flexibility index (Phi) is 4.82. The van der Waals surface area contributed by atoms with Gasteiger partial charge in [-0.25, -0.2) is 4.98 Å². The molecular formula is C13H22N4O2S. The van der Waals surface area contributed by atoms with E-state index in [9.17, 15) is 4.79 Å². The molecular weight excluding hydrogens is 276 g/mol. The van der Waals surface area contributed by atoms with Gasteiger partial charge in [0.15, 0.2) is 5.13 Å². The molecule has 112 valence electrons. The van der Waals surface area contributed by atoms with Gasteiger partial charge in [0.2, 0.25) is 0 Å². The second-order valence-corrected chi connectivity index (χ2v) is 6.44. The average molecular weight is 298 g/mol.